The zero-order valence-corrected chi connectivity index (χ0v) is 12.4. The number of aryl methyl sites for hydroxylation is 2. The molecule has 0 amide bonds. The van der Waals surface area contributed by atoms with Crippen LogP contribution >= 0.6 is 11.6 Å². The molecule has 0 spiro atoms. The molecule has 1 aliphatic carbocycles. The SMILES string of the molecule is O=C(O)c1n[nH]c2cc(Cl)c(-c3ccc4c(c3)CCC4)cc12. The molecule has 3 aromatic rings. The van der Waals surface area contributed by atoms with Crippen LogP contribution in [0.25, 0.3) is 22.0 Å². The van der Waals surface area contributed by atoms with Crippen LogP contribution < -0.4 is 0 Å². The minimum Gasteiger partial charge on any atom is -0.476 e. The molecule has 5 heteroatoms. The van der Waals surface area contributed by atoms with Crippen molar-refractivity contribution in [3.05, 3.63) is 52.2 Å². The van der Waals surface area contributed by atoms with Crippen molar-refractivity contribution in [1.29, 1.82) is 0 Å². The molecule has 1 aliphatic rings. The Labute approximate surface area is 131 Å². The summed E-state index contributed by atoms with van der Waals surface area (Å²) in [6, 6.07) is 9.90. The minimum absolute atomic E-state index is 0.0223. The molecular weight excluding hydrogens is 300 g/mol. The first-order valence-corrected chi connectivity index (χ1v) is 7.54. The van der Waals surface area contributed by atoms with Gasteiger partial charge in [-0.15, -0.1) is 0 Å². The second-order valence-electron chi connectivity index (χ2n) is 5.59. The number of nitrogens with zero attached hydrogens (tertiary/aromatic N) is 1. The normalized spacial score (nSPS) is 13.5. The van der Waals surface area contributed by atoms with Crippen molar-refractivity contribution >= 4 is 28.5 Å². The summed E-state index contributed by atoms with van der Waals surface area (Å²) in [5, 5.41) is 16.9. The first-order chi connectivity index (χ1) is 10.6. The van der Waals surface area contributed by atoms with Crippen molar-refractivity contribution in [2.45, 2.75) is 19.3 Å². The summed E-state index contributed by atoms with van der Waals surface area (Å²) < 4.78 is 0. The maximum absolute atomic E-state index is 11.2. The van der Waals surface area contributed by atoms with Crippen LogP contribution in [0, 0.1) is 0 Å². The van der Waals surface area contributed by atoms with Crippen LogP contribution in [-0.4, -0.2) is 21.3 Å². The number of rotatable bonds is 2. The highest BCUT2D eigenvalue weighted by Crippen LogP contribution is 2.35. The highest BCUT2D eigenvalue weighted by molar-refractivity contribution is 6.34. The third-order valence-electron chi connectivity index (χ3n) is 4.26. The number of aromatic amines is 1. The van der Waals surface area contributed by atoms with E-state index in [2.05, 4.69) is 28.4 Å². The predicted molar refractivity (Wildman–Crippen MR) is 85.5 cm³/mol. The van der Waals surface area contributed by atoms with Gasteiger partial charge in [0.1, 0.15) is 0 Å². The van der Waals surface area contributed by atoms with Crippen LogP contribution in [0.2, 0.25) is 5.02 Å². The van der Waals surface area contributed by atoms with Gasteiger partial charge in [0, 0.05) is 10.9 Å². The zero-order chi connectivity index (χ0) is 15.3. The van der Waals surface area contributed by atoms with E-state index >= 15 is 0 Å². The Bertz CT molecular complexity index is 914. The zero-order valence-electron chi connectivity index (χ0n) is 11.7. The number of H-pyrrole nitrogens is 1. The van der Waals surface area contributed by atoms with Crippen molar-refractivity contribution in [2.24, 2.45) is 0 Å². The van der Waals surface area contributed by atoms with E-state index in [1.54, 1.807) is 12.1 Å². The lowest BCUT2D eigenvalue weighted by Gasteiger charge is -2.08. The van der Waals surface area contributed by atoms with Gasteiger partial charge in [-0.3, -0.25) is 5.10 Å². The Hall–Kier alpha value is -2.33. The number of aromatic carboxylic acids is 1. The number of fused-ring (bicyclic) bond motifs is 2. The van der Waals surface area contributed by atoms with Crippen molar-refractivity contribution in [3.63, 3.8) is 0 Å². The third kappa shape index (κ3) is 1.99. The van der Waals surface area contributed by atoms with Crippen molar-refractivity contribution in [3.8, 4) is 11.1 Å². The van der Waals surface area contributed by atoms with Gasteiger partial charge < -0.3 is 5.11 Å². The van der Waals surface area contributed by atoms with Crippen LogP contribution in [0.4, 0.5) is 0 Å². The standard InChI is InChI=1S/C17H13ClN2O2/c18-14-8-15-13(16(17(21)22)20-19-15)7-12(14)11-5-4-9-2-1-3-10(9)6-11/h4-8H,1-3H2,(H,19,20)(H,21,22). The first-order valence-electron chi connectivity index (χ1n) is 7.16. The topological polar surface area (TPSA) is 66.0 Å². The Kier molecular flexibility index (Phi) is 2.94. The average Bonchev–Trinajstić information content (AvgIpc) is 3.11. The summed E-state index contributed by atoms with van der Waals surface area (Å²) in [7, 11) is 0. The molecular formula is C17H13ClN2O2. The molecule has 0 unspecified atom stereocenters. The van der Waals surface area contributed by atoms with Gasteiger partial charge in [0.2, 0.25) is 0 Å². The van der Waals surface area contributed by atoms with Crippen LogP contribution in [-0.2, 0) is 12.8 Å². The van der Waals surface area contributed by atoms with Crippen LogP contribution in [0.15, 0.2) is 30.3 Å². The van der Waals surface area contributed by atoms with Crippen LogP contribution in [0.3, 0.4) is 0 Å². The van der Waals surface area contributed by atoms with Gasteiger partial charge in [-0.1, -0.05) is 29.8 Å². The van der Waals surface area contributed by atoms with Crippen molar-refractivity contribution in [2.75, 3.05) is 0 Å². The number of hydrogen-bond donors (Lipinski definition) is 2. The van der Waals surface area contributed by atoms with Gasteiger partial charge in [0.25, 0.3) is 0 Å². The molecule has 0 radical (unpaired) electrons. The Balaban J connectivity index is 1.92. The Morgan fingerprint density at radius 2 is 2.00 bits per heavy atom. The predicted octanol–water partition coefficient (Wildman–Crippen LogP) is 4.07. The van der Waals surface area contributed by atoms with Crippen LogP contribution in [0.5, 0.6) is 0 Å². The summed E-state index contributed by atoms with van der Waals surface area (Å²) in [6.07, 6.45) is 3.42. The fourth-order valence-corrected chi connectivity index (χ4v) is 3.43. The number of hydrogen-bond acceptors (Lipinski definition) is 2. The molecule has 1 aromatic heterocycles. The molecule has 0 bridgehead atoms. The van der Waals surface area contributed by atoms with E-state index in [4.69, 9.17) is 11.6 Å². The summed E-state index contributed by atoms with van der Waals surface area (Å²) in [5.74, 6) is -1.05. The largest absolute Gasteiger partial charge is 0.476 e. The summed E-state index contributed by atoms with van der Waals surface area (Å²) >= 11 is 6.38. The molecule has 2 N–H and O–H groups in total. The molecule has 0 atom stereocenters. The van der Waals surface area contributed by atoms with E-state index in [-0.39, 0.29) is 5.69 Å². The smallest absolute Gasteiger partial charge is 0.357 e. The lowest BCUT2D eigenvalue weighted by atomic mass is 9.99. The summed E-state index contributed by atoms with van der Waals surface area (Å²) in [6.45, 7) is 0. The van der Waals surface area contributed by atoms with Gasteiger partial charge >= 0.3 is 5.97 Å². The Morgan fingerprint density at radius 1 is 1.18 bits per heavy atom. The average molecular weight is 313 g/mol. The van der Waals surface area contributed by atoms with Crippen LogP contribution in [0.1, 0.15) is 28.0 Å². The summed E-state index contributed by atoms with van der Waals surface area (Å²) in [4.78, 5) is 11.2. The van der Waals surface area contributed by atoms with E-state index in [1.165, 1.54) is 17.5 Å². The number of benzene rings is 2. The number of carboxylic acids is 1. The monoisotopic (exact) mass is 312 g/mol. The van der Waals surface area contributed by atoms with Gasteiger partial charge in [-0.25, -0.2) is 4.79 Å². The maximum Gasteiger partial charge on any atom is 0.357 e. The minimum atomic E-state index is -1.05. The van der Waals surface area contributed by atoms with E-state index in [0.29, 0.717) is 15.9 Å². The van der Waals surface area contributed by atoms with Gasteiger partial charge in [0.05, 0.1) is 10.5 Å². The lowest BCUT2D eigenvalue weighted by molar-refractivity contribution is 0.0692. The van der Waals surface area contributed by atoms with E-state index < -0.39 is 5.97 Å². The highest BCUT2D eigenvalue weighted by atomic mass is 35.5. The van der Waals surface area contributed by atoms with E-state index in [9.17, 15) is 9.90 Å². The fourth-order valence-electron chi connectivity index (χ4n) is 3.16. The Morgan fingerprint density at radius 3 is 2.82 bits per heavy atom. The number of carbonyl (C=O) groups is 1. The molecule has 0 saturated carbocycles. The first kappa shape index (κ1) is 13.3. The maximum atomic E-state index is 11.2. The number of carboxylic acid groups (broad SMARTS) is 1. The molecule has 0 aliphatic heterocycles. The third-order valence-corrected chi connectivity index (χ3v) is 4.58. The summed E-state index contributed by atoms with van der Waals surface area (Å²) in [5.41, 5.74) is 5.27. The number of halogens is 1. The molecule has 1 heterocycles. The molecule has 0 fully saturated rings. The molecule has 22 heavy (non-hydrogen) atoms. The van der Waals surface area contributed by atoms with E-state index in [1.807, 2.05) is 0 Å². The fraction of sp³-hybridized carbons (Fsp3) is 0.176. The van der Waals surface area contributed by atoms with Crippen molar-refractivity contribution < 1.29 is 9.90 Å². The van der Waals surface area contributed by atoms with Gasteiger partial charge in [-0.05, 0) is 48.1 Å². The molecule has 110 valence electrons. The quantitative estimate of drug-likeness (QED) is 0.749. The molecule has 0 saturated heterocycles. The highest BCUT2D eigenvalue weighted by Gasteiger charge is 2.17. The van der Waals surface area contributed by atoms with E-state index in [0.717, 1.165) is 24.0 Å². The molecule has 4 nitrogen and oxygen atoms in total. The number of nitrogens with one attached hydrogen (secondary N) is 1. The molecule has 2 aromatic carbocycles. The van der Waals surface area contributed by atoms with Gasteiger partial charge in [-0.2, -0.15) is 5.10 Å². The lowest BCUT2D eigenvalue weighted by Crippen LogP contribution is -1.97. The number of aromatic nitrogens is 2. The van der Waals surface area contributed by atoms with Crippen molar-refractivity contribution in [1.82, 2.24) is 10.2 Å². The second-order valence-corrected chi connectivity index (χ2v) is 6.00. The van der Waals surface area contributed by atoms with Gasteiger partial charge in [0.15, 0.2) is 5.69 Å². The molecule has 4 rings (SSSR count). The second kappa shape index (κ2) is 4.85.